The number of halogens is 1. The van der Waals surface area contributed by atoms with Crippen molar-refractivity contribution >= 4 is 16.8 Å². The minimum atomic E-state index is -0.489. The number of fused-ring (bicyclic) bond motifs is 1. The fourth-order valence-electron chi connectivity index (χ4n) is 3.75. The standard InChI is InChI=1S/C23H23FN2O3/c1-15-4-2-5-17-12-18(22(27)25-21(15)17)14-26(23(28)20-6-3-11-29-20)13-16-7-9-19(24)10-8-16/h2,4-5,7-10,12,20H,3,6,11,13-14H2,1H3,(H,25,27). The Balaban J connectivity index is 1.66. The number of nitrogens with zero attached hydrogens (tertiary/aromatic N) is 1. The molecule has 150 valence electrons. The molecule has 6 heteroatoms. The summed E-state index contributed by atoms with van der Waals surface area (Å²) in [6.45, 7) is 2.95. The van der Waals surface area contributed by atoms with Crippen molar-refractivity contribution in [2.75, 3.05) is 6.61 Å². The molecule has 1 saturated heterocycles. The van der Waals surface area contributed by atoms with Crippen molar-refractivity contribution in [1.82, 2.24) is 9.88 Å². The van der Waals surface area contributed by atoms with Gasteiger partial charge in [0.1, 0.15) is 11.9 Å². The maximum Gasteiger partial charge on any atom is 0.253 e. The van der Waals surface area contributed by atoms with Crippen LogP contribution in [-0.2, 0) is 22.6 Å². The van der Waals surface area contributed by atoms with Gasteiger partial charge in [-0.3, -0.25) is 9.59 Å². The summed E-state index contributed by atoms with van der Waals surface area (Å²) >= 11 is 0. The highest BCUT2D eigenvalue weighted by Crippen LogP contribution is 2.20. The second-order valence-corrected chi connectivity index (χ2v) is 7.49. The monoisotopic (exact) mass is 394 g/mol. The molecule has 1 aromatic heterocycles. The van der Waals surface area contributed by atoms with Gasteiger partial charge < -0.3 is 14.6 Å². The number of benzene rings is 2. The quantitative estimate of drug-likeness (QED) is 0.718. The van der Waals surface area contributed by atoms with Crippen molar-refractivity contribution in [1.29, 1.82) is 0 Å². The Morgan fingerprint density at radius 1 is 1.21 bits per heavy atom. The molecule has 5 nitrogen and oxygen atoms in total. The number of hydrogen-bond donors (Lipinski definition) is 1. The van der Waals surface area contributed by atoms with Crippen LogP contribution < -0.4 is 5.56 Å². The molecule has 0 aliphatic carbocycles. The van der Waals surface area contributed by atoms with Gasteiger partial charge in [0.25, 0.3) is 11.5 Å². The Bertz CT molecular complexity index is 1090. The minimum absolute atomic E-state index is 0.143. The van der Waals surface area contributed by atoms with Crippen LogP contribution in [0, 0.1) is 12.7 Å². The number of aromatic amines is 1. The highest BCUT2D eigenvalue weighted by Gasteiger charge is 2.29. The summed E-state index contributed by atoms with van der Waals surface area (Å²) in [5.74, 6) is -0.470. The highest BCUT2D eigenvalue weighted by atomic mass is 19.1. The van der Waals surface area contributed by atoms with E-state index in [2.05, 4.69) is 4.98 Å². The summed E-state index contributed by atoms with van der Waals surface area (Å²) < 4.78 is 18.8. The first-order chi connectivity index (χ1) is 14.0. The number of hydrogen-bond acceptors (Lipinski definition) is 3. The van der Waals surface area contributed by atoms with Crippen LogP contribution in [0.3, 0.4) is 0 Å². The number of aryl methyl sites for hydroxylation is 1. The Labute approximate surface area is 168 Å². The first-order valence-electron chi connectivity index (χ1n) is 9.77. The van der Waals surface area contributed by atoms with Crippen LogP contribution in [0.25, 0.3) is 10.9 Å². The summed E-state index contributed by atoms with van der Waals surface area (Å²) in [5.41, 5.74) is 2.89. The molecule has 1 N–H and O–H groups in total. The third-order valence-corrected chi connectivity index (χ3v) is 5.33. The lowest BCUT2D eigenvalue weighted by atomic mass is 10.1. The summed E-state index contributed by atoms with van der Waals surface area (Å²) in [5, 5.41) is 0.922. The van der Waals surface area contributed by atoms with Gasteiger partial charge in [0, 0.05) is 18.7 Å². The molecule has 0 spiro atoms. The number of amides is 1. The molecule has 2 aromatic carbocycles. The number of nitrogens with one attached hydrogen (secondary N) is 1. The Morgan fingerprint density at radius 3 is 2.72 bits per heavy atom. The molecule has 0 bridgehead atoms. The molecule has 3 aromatic rings. The summed E-state index contributed by atoms with van der Waals surface area (Å²) in [6.07, 6.45) is 1.03. The first-order valence-corrected chi connectivity index (χ1v) is 9.77. The van der Waals surface area contributed by atoms with Crippen LogP contribution in [0.1, 0.15) is 29.5 Å². The van der Waals surface area contributed by atoms with E-state index in [0.29, 0.717) is 18.6 Å². The van der Waals surface area contributed by atoms with Crippen molar-refractivity contribution in [2.24, 2.45) is 0 Å². The Hall–Kier alpha value is -2.99. The zero-order valence-electron chi connectivity index (χ0n) is 16.3. The predicted octanol–water partition coefficient (Wildman–Crippen LogP) is 3.68. The Kier molecular flexibility index (Phi) is 5.45. The van der Waals surface area contributed by atoms with Gasteiger partial charge in [0.05, 0.1) is 12.1 Å². The largest absolute Gasteiger partial charge is 0.368 e. The maximum absolute atomic E-state index is 13.3. The zero-order valence-corrected chi connectivity index (χ0v) is 16.3. The summed E-state index contributed by atoms with van der Waals surface area (Å²) in [6, 6.07) is 13.7. The van der Waals surface area contributed by atoms with Gasteiger partial charge >= 0.3 is 0 Å². The van der Waals surface area contributed by atoms with Crippen LogP contribution >= 0.6 is 0 Å². The van der Waals surface area contributed by atoms with E-state index in [9.17, 15) is 14.0 Å². The minimum Gasteiger partial charge on any atom is -0.368 e. The van der Waals surface area contributed by atoms with E-state index in [-0.39, 0.29) is 30.4 Å². The fraction of sp³-hybridized carbons (Fsp3) is 0.304. The van der Waals surface area contributed by atoms with Crippen LogP contribution in [0.5, 0.6) is 0 Å². The van der Waals surface area contributed by atoms with E-state index < -0.39 is 6.10 Å². The van der Waals surface area contributed by atoms with Gasteiger partial charge in [0.2, 0.25) is 0 Å². The smallest absolute Gasteiger partial charge is 0.253 e. The van der Waals surface area contributed by atoms with Crippen LogP contribution in [0.15, 0.2) is 53.3 Å². The first kappa shape index (κ1) is 19.3. The lowest BCUT2D eigenvalue weighted by Gasteiger charge is -2.25. The van der Waals surface area contributed by atoms with E-state index in [1.54, 1.807) is 17.0 Å². The Morgan fingerprint density at radius 2 is 2.00 bits per heavy atom. The van der Waals surface area contributed by atoms with E-state index in [1.165, 1.54) is 12.1 Å². The third kappa shape index (κ3) is 4.22. The topological polar surface area (TPSA) is 62.4 Å². The average Bonchev–Trinajstić information content (AvgIpc) is 3.25. The fourth-order valence-corrected chi connectivity index (χ4v) is 3.75. The molecule has 1 atom stereocenters. The lowest BCUT2D eigenvalue weighted by Crippen LogP contribution is -2.39. The van der Waals surface area contributed by atoms with E-state index in [4.69, 9.17) is 4.74 Å². The predicted molar refractivity (Wildman–Crippen MR) is 109 cm³/mol. The molecular formula is C23H23FN2O3. The van der Waals surface area contributed by atoms with Gasteiger partial charge in [-0.25, -0.2) is 4.39 Å². The molecule has 0 saturated carbocycles. The number of carbonyl (C=O) groups excluding carboxylic acids is 1. The van der Waals surface area contributed by atoms with Crippen molar-refractivity contribution in [2.45, 2.75) is 39.0 Å². The second kappa shape index (κ2) is 8.17. The molecule has 1 aliphatic rings. The summed E-state index contributed by atoms with van der Waals surface area (Å²) in [7, 11) is 0. The summed E-state index contributed by atoms with van der Waals surface area (Å²) in [4.78, 5) is 30.3. The number of para-hydroxylation sites is 1. The number of ether oxygens (including phenoxy) is 1. The molecule has 0 radical (unpaired) electrons. The van der Waals surface area contributed by atoms with Crippen LogP contribution in [0.4, 0.5) is 4.39 Å². The number of pyridine rings is 1. The van der Waals surface area contributed by atoms with Crippen molar-refractivity contribution in [3.8, 4) is 0 Å². The van der Waals surface area contributed by atoms with Crippen molar-refractivity contribution < 1.29 is 13.9 Å². The van der Waals surface area contributed by atoms with Gasteiger partial charge in [-0.2, -0.15) is 0 Å². The molecule has 1 fully saturated rings. The van der Waals surface area contributed by atoms with Gasteiger partial charge in [-0.05, 0) is 54.5 Å². The maximum atomic E-state index is 13.3. The van der Waals surface area contributed by atoms with E-state index in [0.717, 1.165) is 28.5 Å². The zero-order chi connectivity index (χ0) is 20.4. The van der Waals surface area contributed by atoms with Crippen LogP contribution in [-0.4, -0.2) is 28.5 Å². The van der Waals surface area contributed by atoms with Crippen molar-refractivity contribution in [3.05, 3.63) is 81.4 Å². The third-order valence-electron chi connectivity index (χ3n) is 5.33. The molecule has 2 heterocycles. The van der Waals surface area contributed by atoms with Crippen LogP contribution in [0.2, 0.25) is 0 Å². The van der Waals surface area contributed by atoms with E-state index >= 15 is 0 Å². The number of rotatable bonds is 5. The molecule has 1 aliphatic heterocycles. The number of carbonyl (C=O) groups is 1. The van der Waals surface area contributed by atoms with Crippen molar-refractivity contribution in [3.63, 3.8) is 0 Å². The van der Waals surface area contributed by atoms with Gasteiger partial charge in [-0.1, -0.05) is 30.3 Å². The number of aromatic nitrogens is 1. The normalized spacial score (nSPS) is 16.3. The highest BCUT2D eigenvalue weighted by molar-refractivity contribution is 5.83. The van der Waals surface area contributed by atoms with Gasteiger partial charge in [0.15, 0.2) is 0 Å². The SMILES string of the molecule is Cc1cccc2cc(CN(Cc3ccc(F)cc3)C(=O)C3CCCO3)c(=O)[nH]c12. The molecule has 29 heavy (non-hydrogen) atoms. The second-order valence-electron chi connectivity index (χ2n) is 7.49. The average molecular weight is 394 g/mol. The molecular weight excluding hydrogens is 371 g/mol. The number of H-pyrrole nitrogens is 1. The molecule has 1 unspecified atom stereocenters. The van der Waals surface area contributed by atoms with Gasteiger partial charge in [-0.15, -0.1) is 0 Å². The van der Waals surface area contributed by atoms with E-state index in [1.807, 2.05) is 31.2 Å². The lowest BCUT2D eigenvalue weighted by molar-refractivity contribution is -0.142. The molecule has 1 amide bonds. The molecule has 4 rings (SSSR count).